The Hall–Kier alpha value is -4.40. The van der Waals surface area contributed by atoms with Crippen LogP contribution in [0.15, 0.2) is 72.9 Å². The Morgan fingerprint density at radius 3 is 2.32 bits per heavy atom. The van der Waals surface area contributed by atoms with Crippen LogP contribution in [0.3, 0.4) is 0 Å². The average molecular weight is 461 g/mol. The van der Waals surface area contributed by atoms with Gasteiger partial charge in [-0.25, -0.2) is 18.9 Å². The Balaban J connectivity index is 1.48. The Morgan fingerprint density at radius 1 is 0.971 bits per heavy atom. The van der Waals surface area contributed by atoms with Gasteiger partial charge in [0, 0.05) is 29.4 Å². The second-order valence-electron chi connectivity index (χ2n) is 8.68. The van der Waals surface area contributed by atoms with Gasteiger partial charge in [0.1, 0.15) is 29.0 Å². The third-order valence-corrected chi connectivity index (χ3v) is 4.89. The van der Waals surface area contributed by atoms with Gasteiger partial charge in [-0.3, -0.25) is 5.32 Å². The number of halogens is 1. The minimum absolute atomic E-state index is 0.243. The number of carbonyl (C=O) groups excluding carboxylic acids is 1. The van der Waals surface area contributed by atoms with Crippen LogP contribution >= 0.6 is 0 Å². The molecule has 174 valence electrons. The van der Waals surface area contributed by atoms with E-state index in [0.29, 0.717) is 34.5 Å². The third-order valence-electron chi connectivity index (χ3n) is 4.89. The van der Waals surface area contributed by atoms with E-state index in [0.717, 1.165) is 5.69 Å². The fraction of sp³-hybridized carbons (Fsp3) is 0.160. The van der Waals surface area contributed by atoms with Crippen molar-refractivity contribution in [2.75, 3.05) is 16.4 Å². The fourth-order valence-corrected chi connectivity index (χ4v) is 3.13. The third kappa shape index (κ3) is 5.50. The highest BCUT2D eigenvalue weighted by atomic mass is 19.1. The van der Waals surface area contributed by atoms with Gasteiger partial charge >= 0.3 is 6.03 Å². The summed E-state index contributed by atoms with van der Waals surface area (Å²) in [6.07, 6.45) is 1.56. The first-order valence-corrected chi connectivity index (χ1v) is 10.6. The second kappa shape index (κ2) is 9.22. The van der Waals surface area contributed by atoms with Crippen molar-refractivity contribution in [2.45, 2.75) is 26.2 Å². The van der Waals surface area contributed by atoms with Gasteiger partial charge in [0.05, 0.1) is 11.4 Å². The van der Waals surface area contributed by atoms with Crippen LogP contribution in [-0.4, -0.2) is 20.8 Å². The van der Waals surface area contributed by atoms with Crippen molar-refractivity contribution in [3.63, 3.8) is 0 Å². The quantitative estimate of drug-likeness (QED) is 0.353. The van der Waals surface area contributed by atoms with Gasteiger partial charge in [0.2, 0.25) is 0 Å². The molecule has 0 aliphatic heterocycles. The highest BCUT2D eigenvalue weighted by molar-refractivity contribution is 5.99. The number of ether oxygens (including phenoxy) is 1. The van der Waals surface area contributed by atoms with Gasteiger partial charge < -0.3 is 15.8 Å². The van der Waals surface area contributed by atoms with Crippen molar-refractivity contribution in [3.8, 4) is 17.2 Å². The maximum absolute atomic E-state index is 13.4. The highest BCUT2D eigenvalue weighted by Crippen LogP contribution is 2.27. The van der Waals surface area contributed by atoms with Gasteiger partial charge in [-0.05, 0) is 54.6 Å². The lowest BCUT2D eigenvalue weighted by atomic mass is 9.92. The van der Waals surface area contributed by atoms with Crippen molar-refractivity contribution < 1.29 is 13.9 Å². The highest BCUT2D eigenvalue weighted by Gasteiger charge is 2.21. The van der Waals surface area contributed by atoms with Crippen molar-refractivity contribution >= 4 is 23.4 Å². The maximum atomic E-state index is 13.4. The van der Waals surface area contributed by atoms with Crippen molar-refractivity contribution in [1.29, 1.82) is 0 Å². The summed E-state index contributed by atoms with van der Waals surface area (Å²) in [5.74, 6) is 1.63. The fourth-order valence-electron chi connectivity index (χ4n) is 3.13. The minimum atomic E-state index is -0.445. The molecule has 2 amide bonds. The smallest absolute Gasteiger partial charge is 0.324 e. The number of hydrogen-bond acceptors (Lipinski definition) is 5. The van der Waals surface area contributed by atoms with E-state index in [1.807, 2.05) is 20.8 Å². The Morgan fingerprint density at radius 2 is 1.68 bits per heavy atom. The van der Waals surface area contributed by atoms with Gasteiger partial charge in [0.25, 0.3) is 0 Å². The molecule has 9 heteroatoms. The molecule has 0 saturated carbocycles. The molecule has 2 aromatic heterocycles. The van der Waals surface area contributed by atoms with Crippen molar-refractivity contribution in [3.05, 3.63) is 84.4 Å². The molecular weight excluding hydrogens is 435 g/mol. The molecule has 0 bridgehead atoms. The Labute approximate surface area is 196 Å². The molecule has 2 aromatic carbocycles. The molecule has 4 N–H and O–H groups in total. The van der Waals surface area contributed by atoms with Gasteiger partial charge in [-0.1, -0.05) is 20.8 Å². The Bertz CT molecular complexity index is 1290. The molecule has 0 fully saturated rings. The van der Waals surface area contributed by atoms with E-state index in [2.05, 4.69) is 20.7 Å². The van der Waals surface area contributed by atoms with Crippen molar-refractivity contribution in [1.82, 2.24) is 14.8 Å². The van der Waals surface area contributed by atoms with E-state index in [9.17, 15) is 9.18 Å². The van der Waals surface area contributed by atoms with Crippen LogP contribution in [0.4, 0.5) is 26.5 Å². The summed E-state index contributed by atoms with van der Waals surface area (Å²) in [4.78, 5) is 16.6. The molecule has 2 heterocycles. The number of anilines is 3. The number of nitrogens with two attached hydrogens (primary N) is 1. The number of rotatable bonds is 5. The number of hydrogen-bond donors (Lipinski definition) is 3. The first kappa shape index (κ1) is 22.8. The van der Waals surface area contributed by atoms with Crippen LogP contribution in [0.25, 0.3) is 5.69 Å². The number of nitrogens with zero attached hydrogens (tertiary/aromatic N) is 3. The number of pyridine rings is 1. The predicted molar refractivity (Wildman–Crippen MR) is 130 cm³/mol. The molecule has 0 spiro atoms. The summed E-state index contributed by atoms with van der Waals surface area (Å²) in [7, 11) is 0. The first-order chi connectivity index (χ1) is 16.2. The lowest BCUT2D eigenvalue weighted by molar-refractivity contribution is 0.262. The SMILES string of the molecule is CC(C)(C)c1cc(NC(=O)Nc2ccc(Oc3ccnc(N)c3)cc2)n(-c2ccc(F)cc2)n1. The average Bonchev–Trinajstić information content (AvgIpc) is 3.20. The summed E-state index contributed by atoms with van der Waals surface area (Å²) in [6, 6.07) is 17.5. The molecule has 0 aliphatic rings. The lowest BCUT2D eigenvalue weighted by Crippen LogP contribution is -2.21. The van der Waals surface area contributed by atoms with Crippen LogP contribution in [0.5, 0.6) is 11.5 Å². The summed E-state index contributed by atoms with van der Waals surface area (Å²) >= 11 is 0. The largest absolute Gasteiger partial charge is 0.457 e. The van der Waals surface area contributed by atoms with E-state index >= 15 is 0 Å². The van der Waals surface area contributed by atoms with Crippen LogP contribution < -0.4 is 21.1 Å². The number of amides is 2. The zero-order chi connectivity index (χ0) is 24.3. The molecule has 34 heavy (non-hydrogen) atoms. The number of carbonyl (C=O) groups is 1. The van der Waals surface area contributed by atoms with Gasteiger partial charge in [-0.15, -0.1) is 0 Å². The van der Waals surface area contributed by atoms with E-state index in [1.54, 1.807) is 65.5 Å². The van der Waals surface area contributed by atoms with Crippen molar-refractivity contribution in [2.24, 2.45) is 0 Å². The second-order valence-corrected chi connectivity index (χ2v) is 8.68. The summed E-state index contributed by atoms with van der Waals surface area (Å²) in [5.41, 5.74) is 7.41. The number of nitrogen functional groups attached to an aromatic ring is 1. The first-order valence-electron chi connectivity index (χ1n) is 10.6. The predicted octanol–water partition coefficient (Wildman–Crippen LogP) is 5.72. The zero-order valence-electron chi connectivity index (χ0n) is 19.0. The molecule has 0 radical (unpaired) electrons. The monoisotopic (exact) mass is 460 g/mol. The summed E-state index contributed by atoms with van der Waals surface area (Å²) < 4.78 is 20.7. The molecule has 4 rings (SSSR count). The summed E-state index contributed by atoms with van der Waals surface area (Å²) in [6.45, 7) is 6.08. The van der Waals surface area contributed by atoms with E-state index in [4.69, 9.17) is 10.5 Å². The van der Waals surface area contributed by atoms with Crippen LogP contribution in [0.2, 0.25) is 0 Å². The lowest BCUT2D eigenvalue weighted by Gasteiger charge is -2.14. The molecular formula is C25H25FN6O2. The minimum Gasteiger partial charge on any atom is -0.457 e. The zero-order valence-corrected chi connectivity index (χ0v) is 19.0. The Kier molecular flexibility index (Phi) is 6.18. The molecule has 8 nitrogen and oxygen atoms in total. The maximum Gasteiger partial charge on any atom is 0.324 e. The number of benzene rings is 2. The van der Waals surface area contributed by atoms with Crippen LogP contribution in [-0.2, 0) is 5.41 Å². The standard InChI is InChI=1S/C25H25FN6O2/c1-25(2,3)21-15-23(32(31-21)18-8-4-16(26)5-9-18)30-24(33)29-17-6-10-19(11-7-17)34-20-12-13-28-22(27)14-20/h4-15H,1-3H3,(H2,27,28)(H2,29,30,33). The number of nitrogens with one attached hydrogen (secondary N) is 2. The molecule has 0 atom stereocenters. The normalized spacial score (nSPS) is 11.2. The van der Waals surface area contributed by atoms with E-state index < -0.39 is 6.03 Å². The van der Waals surface area contributed by atoms with Crippen LogP contribution in [0, 0.1) is 5.82 Å². The molecule has 0 saturated heterocycles. The van der Waals surface area contributed by atoms with Gasteiger partial charge in [-0.2, -0.15) is 5.10 Å². The molecule has 0 aliphatic carbocycles. The van der Waals surface area contributed by atoms with Crippen LogP contribution in [0.1, 0.15) is 26.5 Å². The summed E-state index contributed by atoms with van der Waals surface area (Å²) in [5, 5.41) is 10.2. The number of urea groups is 1. The van der Waals surface area contributed by atoms with E-state index in [-0.39, 0.29) is 11.2 Å². The van der Waals surface area contributed by atoms with Gasteiger partial charge in [0.15, 0.2) is 0 Å². The topological polar surface area (TPSA) is 107 Å². The van der Waals surface area contributed by atoms with E-state index in [1.165, 1.54) is 12.1 Å². The number of aromatic nitrogens is 3. The molecule has 4 aromatic rings. The molecule has 0 unspecified atom stereocenters.